The molecule has 1 atom stereocenters. The maximum atomic E-state index is 12.5. The van der Waals surface area contributed by atoms with Gasteiger partial charge >= 0.3 is 5.91 Å². The van der Waals surface area contributed by atoms with E-state index < -0.39 is 0 Å². The van der Waals surface area contributed by atoms with Crippen molar-refractivity contribution in [1.29, 1.82) is 0 Å². The summed E-state index contributed by atoms with van der Waals surface area (Å²) in [6, 6.07) is 7.15. The Bertz CT molecular complexity index is 858. The van der Waals surface area contributed by atoms with E-state index in [2.05, 4.69) is 19.2 Å². The van der Waals surface area contributed by atoms with Crippen LogP contribution in [0.2, 0.25) is 0 Å². The summed E-state index contributed by atoms with van der Waals surface area (Å²) in [6.45, 7) is 4.92. The molecule has 1 aromatic carbocycles. The third-order valence-corrected chi connectivity index (χ3v) is 4.59. The zero-order valence-corrected chi connectivity index (χ0v) is 15.9. The standard InChI is InChI=1S/C22H24N2O3/c1-15(2)12-13-23-21(25)17-10-8-16(9-11-17)14-20-22(26)24(3)18-6-4-5-7-19(18)27-20/h4-11,14-15,19H,12-13H2,1-3H3/p+1/b20-14+. The fraction of sp³-hybridized carbons (Fsp3) is 0.318. The Morgan fingerprint density at radius 2 is 2.00 bits per heavy atom. The Morgan fingerprint density at radius 3 is 2.70 bits per heavy atom. The van der Waals surface area contributed by atoms with Gasteiger partial charge in [-0.2, -0.15) is 4.58 Å². The number of fused-ring (bicyclic) bond motifs is 1. The average Bonchev–Trinajstić information content (AvgIpc) is 2.66. The number of nitrogens with zero attached hydrogens (tertiary/aromatic N) is 1. The highest BCUT2D eigenvalue weighted by atomic mass is 16.5. The summed E-state index contributed by atoms with van der Waals surface area (Å²) in [7, 11) is 1.75. The van der Waals surface area contributed by atoms with Crippen molar-refractivity contribution in [2.24, 2.45) is 5.92 Å². The second-order valence-corrected chi connectivity index (χ2v) is 7.14. The van der Waals surface area contributed by atoms with Crippen LogP contribution in [0.25, 0.3) is 6.08 Å². The molecule has 0 radical (unpaired) electrons. The zero-order valence-electron chi connectivity index (χ0n) is 15.9. The Morgan fingerprint density at radius 1 is 1.26 bits per heavy atom. The summed E-state index contributed by atoms with van der Waals surface area (Å²) in [5.41, 5.74) is 2.24. The topological polar surface area (TPSA) is 58.4 Å². The highest BCUT2D eigenvalue weighted by Gasteiger charge is 2.37. The maximum absolute atomic E-state index is 12.5. The van der Waals surface area contributed by atoms with Crippen LogP contribution in [0.5, 0.6) is 0 Å². The maximum Gasteiger partial charge on any atom is 0.454 e. The number of carbonyl (C=O) groups is 2. The molecule has 27 heavy (non-hydrogen) atoms. The highest BCUT2D eigenvalue weighted by Crippen LogP contribution is 2.20. The van der Waals surface area contributed by atoms with E-state index in [0.29, 0.717) is 23.8 Å². The molecule has 0 aromatic heterocycles. The number of rotatable bonds is 5. The monoisotopic (exact) mass is 365 g/mol. The van der Waals surface area contributed by atoms with Crippen LogP contribution < -0.4 is 5.32 Å². The lowest BCUT2D eigenvalue weighted by atomic mass is 10.1. The van der Waals surface area contributed by atoms with Crippen LogP contribution in [0.4, 0.5) is 0 Å². The summed E-state index contributed by atoms with van der Waals surface area (Å²) >= 11 is 0. The van der Waals surface area contributed by atoms with Gasteiger partial charge in [0, 0.05) is 18.2 Å². The summed E-state index contributed by atoms with van der Waals surface area (Å²) < 4.78 is 7.45. The second-order valence-electron chi connectivity index (χ2n) is 7.14. The Hall–Kier alpha value is -2.95. The number of hydrogen-bond acceptors (Lipinski definition) is 3. The van der Waals surface area contributed by atoms with Crippen molar-refractivity contribution in [3.05, 3.63) is 65.5 Å². The van der Waals surface area contributed by atoms with Gasteiger partial charge in [0.05, 0.1) is 0 Å². The molecule has 1 N–H and O–H groups in total. The van der Waals surface area contributed by atoms with Gasteiger partial charge in [0.1, 0.15) is 7.05 Å². The predicted octanol–water partition coefficient (Wildman–Crippen LogP) is 2.94. The molecule has 5 heteroatoms. The first-order valence-corrected chi connectivity index (χ1v) is 9.22. The molecule has 2 amide bonds. The second kappa shape index (κ2) is 8.16. The van der Waals surface area contributed by atoms with Crippen molar-refractivity contribution in [3.63, 3.8) is 0 Å². The van der Waals surface area contributed by atoms with Crippen LogP contribution in [0, 0.1) is 5.92 Å². The molecule has 0 fully saturated rings. The number of amides is 2. The van der Waals surface area contributed by atoms with Gasteiger partial charge in [-0.05, 0) is 42.2 Å². The first-order valence-electron chi connectivity index (χ1n) is 9.22. The fourth-order valence-corrected chi connectivity index (χ4v) is 2.94. The van der Waals surface area contributed by atoms with Crippen molar-refractivity contribution >= 4 is 23.6 Å². The third-order valence-electron chi connectivity index (χ3n) is 4.59. The van der Waals surface area contributed by atoms with E-state index in [1.807, 2.05) is 36.4 Å². The molecule has 1 aromatic rings. The van der Waals surface area contributed by atoms with Gasteiger partial charge in [-0.25, -0.2) is 4.79 Å². The van der Waals surface area contributed by atoms with Crippen LogP contribution in [-0.4, -0.2) is 41.8 Å². The van der Waals surface area contributed by atoms with Gasteiger partial charge in [0.15, 0.2) is 0 Å². The third kappa shape index (κ3) is 4.42. The molecule has 2 aliphatic rings. The lowest BCUT2D eigenvalue weighted by molar-refractivity contribution is -0.424. The molecule has 5 nitrogen and oxygen atoms in total. The van der Waals surface area contributed by atoms with Crippen LogP contribution in [0.3, 0.4) is 0 Å². The van der Waals surface area contributed by atoms with Crippen LogP contribution in [-0.2, 0) is 9.53 Å². The average molecular weight is 365 g/mol. The minimum absolute atomic E-state index is 0.0852. The zero-order chi connectivity index (χ0) is 19.4. The Labute approximate surface area is 159 Å². The van der Waals surface area contributed by atoms with E-state index >= 15 is 0 Å². The number of nitrogens with one attached hydrogen (secondary N) is 1. The van der Waals surface area contributed by atoms with E-state index in [-0.39, 0.29) is 17.9 Å². The summed E-state index contributed by atoms with van der Waals surface area (Å²) in [5, 5.41) is 2.92. The molecule has 0 saturated heterocycles. The smallest absolute Gasteiger partial charge is 0.454 e. The van der Waals surface area contributed by atoms with Gasteiger partial charge in [-0.1, -0.05) is 38.1 Å². The van der Waals surface area contributed by atoms with Crippen LogP contribution >= 0.6 is 0 Å². The summed E-state index contributed by atoms with van der Waals surface area (Å²) in [6.07, 6.45) is 9.99. The van der Waals surface area contributed by atoms with E-state index in [0.717, 1.165) is 17.7 Å². The van der Waals surface area contributed by atoms with Gasteiger partial charge < -0.3 is 10.1 Å². The number of benzene rings is 1. The summed E-state index contributed by atoms with van der Waals surface area (Å²) in [4.78, 5) is 24.7. The van der Waals surface area contributed by atoms with Crippen molar-refractivity contribution in [1.82, 2.24) is 5.32 Å². The van der Waals surface area contributed by atoms with E-state index in [1.54, 1.807) is 29.8 Å². The SMILES string of the molecule is CC(C)CCNC(=O)c1ccc(/C=C2/OC3C=CC=CC3=[N+](C)C2=O)cc1. The lowest BCUT2D eigenvalue weighted by Gasteiger charge is -2.21. The van der Waals surface area contributed by atoms with E-state index in [4.69, 9.17) is 4.74 Å². The van der Waals surface area contributed by atoms with E-state index in [9.17, 15) is 9.59 Å². The first-order chi connectivity index (χ1) is 13.0. The van der Waals surface area contributed by atoms with Gasteiger partial charge in [-0.15, -0.1) is 0 Å². The molecule has 1 aliphatic carbocycles. The summed E-state index contributed by atoms with van der Waals surface area (Å²) in [5.74, 6) is 0.577. The Kier molecular flexibility index (Phi) is 5.69. The molecular formula is C22H25N2O3+. The molecular weight excluding hydrogens is 340 g/mol. The first kappa shape index (κ1) is 18.8. The Balaban J connectivity index is 1.72. The fourth-order valence-electron chi connectivity index (χ4n) is 2.94. The van der Waals surface area contributed by atoms with Crippen molar-refractivity contribution < 1.29 is 18.9 Å². The van der Waals surface area contributed by atoms with E-state index in [1.165, 1.54) is 0 Å². The molecule has 3 rings (SSSR count). The van der Waals surface area contributed by atoms with Gasteiger partial charge in [0.2, 0.25) is 17.6 Å². The predicted molar refractivity (Wildman–Crippen MR) is 106 cm³/mol. The van der Waals surface area contributed by atoms with Gasteiger partial charge in [0.25, 0.3) is 5.91 Å². The molecule has 0 saturated carbocycles. The normalized spacial score (nSPS) is 20.1. The molecule has 1 heterocycles. The number of ether oxygens (including phenoxy) is 1. The molecule has 0 bridgehead atoms. The van der Waals surface area contributed by atoms with Crippen LogP contribution in [0.15, 0.2) is 54.3 Å². The van der Waals surface area contributed by atoms with Crippen molar-refractivity contribution in [2.45, 2.75) is 26.4 Å². The number of allylic oxidation sites excluding steroid dienone is 2. The molecule has 1 aliphatic heterocycles. The minimum Gasteiger partial charge on any atom is -0.465 e. The number of carbonyl (C=O) groups excluding carboxylic acids is 2. The molecule has 140 valence electrons. The lowest BCUT2D eigenvalue weighted by Crippen LogP contribution is -2.40. The number of likely N-dealkylation sites (N-methyl/N-ethyl adjacent to an activating group) is 1. The van der Waals surface area contributed by atoms with Gasteiger partial charge in [-0.3, -0.25) is 4.79 Å². The molecule has 1 unspecified atom stereocenters. The minimum atomic E-state index is -0.255. The highest BCUT2D eigenvalue weighted by molar-refractivity contribution is 6.05. The molecule has 0 spiro atoms. The van der Waals surface area contributed by atoms with Crippen LogP contribution in [0.1, 0.15) is 36.2 Å². The quantitative estimate of drug-likeness (QED) is 0.645. The largest absolute Gasteiger partial charge is 0.465 e. The number of hydrogen-bond donors (Lipinski definition) is 1. The van der Waals surface area contributed by atoms with Crippen molar-refractivity contribution in [2.75, 3.05) is 13.6 Å². The van der Waals surface area contributed by atoms with Crippen molar-refractivity contribution in [3.8, 4) is 0 Å².